The van der Waals surface area contributed by atoms with Crippen molar-refractivity contribution in [3.63, 3.8) is 0 Å². The maximum absolute atomic E-state index is 14.4. The number of rotatable bonds is 5. The molecule has 0 aliphatic carbocycles. The van der Waals surface area contributed by atoms with E-state index in [0.717, 1.165) is 24.4 Å². The van der Waals surface area contributed by atoms with E-state index in [9.17, 15) is 35.6 Å². The molecule has 0 saturated heterocycles. The van der Waals surface area contributed by atoms with Crippen LogP contribution >= 0.6 is 0 Å². The summed E-state index contributed by atoms with van der Waals surface area (Å²) in [6.45, 7) is 2.17. The van der Waals surface area contributed by atoms with Crippen LogP contribution in [0.1, 0.15) is 18.1 Å². The molecule has 13 heteroatoms. The molecule has 0 spiro atoms. The fourth-order valence-corrected chi connectivity index (χ4v) is 4.79. The predicted molar refractivity (Wildman–Crippen MR) is 120 cm³/mol. The van der Waals surface area contributed by atoms with E-state index in [2.05, 4.69) is 9.97 Å². The maximum atomic E-state index is 14.4. The maximum Gasteiger partial charge on any atom is 0.404 e. The zero-order chi connectivity index (χ0) is 26.4. The number of aryl methyl sites for hydroxylation is 1. The Morgan fingerprint density at radius 2 is 1.83 bits per heavy atom. The van der Waals surface area contributed by atoms with Crippen LogP contribution in [0.15, 0.2) is 53.7 Å². The van der Waals surface area contributed by atoms with Gasteiger partial charge in [0.2, 0.25) is 16.0 Å². The second kappa shape index (κ2) is 8.96. The van der Waals surface area contributed by atoms with E-state index in [1.54, 1.807) is 0 Å². The molecular weight excluding hydrogens is 505 g/mol. The summed E-state index contributed by atoms with van der Waals surface area (Å²) in [6.07, 6.45) is -2.77. The first-order valence-corrected chi connectivity index (χ1v) is 11.7. The van der Waals surface area contributed by atoms with Crippen LogP contribution in [0.2, 0.25) is 0 Å². The van der Waals surface area contributed by atoms with Gasteiger partial charge in [-0.15, -0.1) is 0 Å². The van der Waals surface area contributed by atoms with Crippen molar-refractivity contribution < 1.29 is 30.4 Å². The van der Waals surface area contributed by atoms with Crippen LogP contribution in [0.25, 0.3) is 28.0 Å². The average molecular weight is 521 g/mol. The van der Waals surface area contributed by atoms with E-state index in [4.69, 9.17) is 0 Å². The van der Waals surface area contributed by atoms with Gasteiger partial charge in [-0.05, 0) is 49.7 Å². The Labute approximate surface area is 201 Å². The standard InChI is InChI=1S/C23H16F5N5O2S/c1-12-7-20-16(9-18(12)24)17(10-29)22(33(20)14-5-6-30-21(25)8-14)19-4-3-15(11-31-19)36(34,35)32-13(2)23(26,27)28/h3-9,11,13,32H,1-2H3. The number of sulfonamides is 1. The molecule has 36 heavy (non-hydrogen) atoms. The van der Waals surface area contributed by atoms with Gasteiger partial charge in [0, 0.05) is 23.8 Å². The zero-order valence-electron chi connectivity index (χ0n) is 18.6. The molecule has 0 bridgehead atoms. The normalized spacial score (nSPS) is 13.1. The highest BCUT2D eigenvalue weighted by Crippen LogP contribution is 2.36. The van der Waals surface area contributed by atoms with Crippen molar-refractivity contribution in [1.29, 1.82) is 5.26 Å². The van der Waals surface area contributed by atoms with Gasteiger partial charge >= 0.3 is 6.18 Å². The zero-order valence-corrected chi connectivity index (χ0v) is 19.4. The van der Waals surface area contributed by atoms with Gasteiger partial charge in [0.05, 0.1) is 28.2 Å². The van der Waals surface area contributed by atoms with Gasteiger partial charge in [-0.25, -0.2) is 17.8 Å². The van der Waals surface area contributed by atoms with Crippen LogP contribution in [0.4, 0.5) is 22.0 Å². The summed E-state index contributed by atoms with van der Waals surface area (Å²) in [7, 11) is -4.57. The van der Waals surface area contributed by atoms with E-state index in [1.807, 2.05) is 6.07 Å². The van der Waals surface area contributed by atoms with Crippen molar-refractivity contribution >= 4 is 20.9 Å². The Bertz CT molecular complexity index is 1620. The van der Waals surface area contributed by atoms with E-state index in [1.165, 1.54) is 40.6 Å². The third-order valence-corrected chi connectivity index (χ3v) is 6.97. The summed E-state index contributed by atoms with van der Waals surface area (Å²) in [5, 5.41) is 10.1. The van der Waals surface area contributed by atoms with Gasteiger partial charge in [0.25, 0.3) is 0 Å². The molecule has 0 saturated carbocycles. The first kappa shape index (κ1) is 25.2. The molecule has 1 N–H and O–H groups in total. The molecule has 1 atom stereocenters. The molecule has 4 rings (SSSR count). The minimum absolute atomic E-state index is 0.0203. The summed E-state index contributed by atoms with van der Waals surface area (Å²) in [5.41, 5.74) is 0.961. The van der Waals surface area contributed by atoms with Gasteiger partial charge in [0.1, 0.15) is 22.8 Å². The van der Waals surface area contributed by atoms with Crippen LogP contribution in [-0.2, 0) is 10.0 Å². The van der Waals surface area contributed by atoms with Crippen molar-refractivity contribution in [2.24, 2.45) is 0 Å². The van der Waals surface area contributed by atoms with Crippen LogP contribution < -0.4 is 4.72 Å². The topological polar surface area (TPSA) is 101 Å². The van der Waals surface area contributed by atoms with Gasteiger partial charge in [0.15, 0.2) is 0 Å². The number of fused-ring (bicyclic) bond motifs is 1. The number of alkyl halides is 3. The SMILES string of the molecule is Cc1cc2c(cc1F)c(C#N)c(-c1ccc(S(=O)(=O)NC(C)C(F)(F)F)cn1)n2-c1ccnc(F)c1. The first-order chi connectivity index (χ1) is 16.8. The number of aromatic nitrogens is 3. The van der Waals surface area contributed by atoms with E-state index >= 15 is 0 Å². The molecule has 0 amide bonds. The Morgan fingerprint density at radius 1 is 1.11 bits per heavy atom. The lowest BCUT2D eigenvalue weighted by Gasteiger charge is -2.17. The number of benzene rings is 1. The number of nitriles is 1. The predicted octanol–water partition coefficient (Wildman–Crippen LogP) is 4.77. The molecule has 0 radical (unpaired) electrons. The lowest BCUT2D eigenvalue weighted by atomic mass is 10.1. The van der Waals surface area contributed by atoms with Gasteiger partial charge in [-0.1, -0.05) is 0 Å². The highest BCUT2D eigenvalue weighted by Gasteiger charge is 2.39. The molecule has 4 aromatic rings. The molecule has 0 fully saturated rings. The fraction of sp³-hybridized carbons (Fsp3) is 0.174. The number of pyridine rings is 2. The quantitative estimate of drug-likeness (QED) is 0.301. The van der Waals surface area contributed by atoms with Crippen molar-refractivity contribution in [2.45, 2.75) is 31.0 Å². The Morgan fingerprint density at radius 3 is 2.42 bits per heavy atom. The fourth-order valence-electron chi connectivity index (χ4n) is 3.61. The van der Waals surface area contributed by atoms with Crippen molar-refractivity contribution in [1.82, 2.24) is 19.3 Å². The second-order valence-corrected chi connectivity index (χ2v) is 9.60. The van der Waals surface area contributed by atoms with Crippen LogP contribution in [0, 0.1) is 30.0 Å². The summed E-state index contributed by atoms with van der Waals surface area (Å²) in [5.74, 6) is -1.40. The van der Waals surface area contributed by atoms with Gasteiger partial charge in [-0.3, -0.25) is 4.98 Å². The molecule has 1 aromatic carbocycles. The molecule has 7 nitrogen and oxygen atoms in total. The molecule has 0 aliphatic heterocycles. The highest BCUT2D eigenvalue weighted by atomic mass is 32.2. The summed E-state index contributed by atoms with van der Waals surface area (Å²) in [4.78, 5) is 7.04. The second-order valence-electron chi connectivity index (χ2n) is 7.89. The summed E-state index contributed by atoms with van der Waals surface area (Å²) in [6, 6.07) is 7.02. The lowest BCUT2D eigenvalue weighted by molar-refractivity contribution is -0.147. The smallest absolute Gasteiger partial charge is 0.306 e. The number of halogens is 5. The number of nitrogens with zero attached hydrogens (tertiary/aromatic N) is 4. The average Bonchev–Trinajstić information content (AvgIpc) is 3.11. The largest absolute Gasteiger partial charge is 0.404 e. The Kier molecular flexibility index (Phi) is 6.27. The molecule has 1 unspecified atom stereocenters. The number of hydrogen-bond acceptors (Lipinski definition) is 5. The van der Waals surface area contributed by atoms with Gasteiger partial charge in [-0.2, -0.15) is 27.5 Å². The number of nitrogens with one attached hydrogen (secondary N) is 1. The molecular formula is C23H16F5N5O2S. The first-order valence-electron chi connectivity index (χ1n) is 10.3. The summed E-state index contributed by atoms with van der Waals surface area (Å²) < 4.78 is 94.6. The van der Waals surface area contributed by atoms with Crippen molar-refractivity contribution in [3.8, 4) is 23.1 Å². The van der Waals surface area contributed by atoms with Crippen molar-refractivity contribution in [2.75, 3.05) is 0 Å². The molecule has 0 aliphatic rings. The van der Waals surface area contributed by atoms with Crippen molar-refractivity contribution in [3.05, 3.63) is 71.7 Å². The lowest BCUT2D eigenvalue weighted by Crippen LogP contribution is -2.42. The Hall–Kier alpha value is -3.89. The van der Waals surface area contributed by atoms with Crippen LogP contribution in [0.3, 0.4) is 0 Å². The molecule has 3 aromatic heterocycles. The van der Waals surface area contributed by atoms with Gasteiger partial charge < -0.3 is 4.57 Å². The van der Waals surface area contributed by atoms with Crippen LogP contribution in [-0.4, -0.2) is 35.2 Å². The Balaban J connectivity index is 1.92. The summed E-state index contributed by atoms with van der Waals surface area (Å²) >= 11 is 0. The van der Waals surface area contributed by atoms with E-state index in [0.29, 0.717) is 12.4 Å². The minimum atomic E-state index is -4.80. The third-order valence-electron chi connectivity index (χ3n) is 5.44. The monoisotopic (exact) mass is 521 g/mol. The van der Waals surface area contributed by atoms with Crippen LogP contribution in [0.5, 0.6) is 0 Å². The highest BCUT2D eigenvalue weighted by molar-refractivity contribution is 7.89. The third kappa shape index (κ3) is 4.52. The van der Waals surface area contributed by atoms with E-state index < -0.39 is 38.9 Å². The van der Waals surface area contributed by atoms with E-state index in [-0.39, 0.29) is 33.6 Å². The molecule has 186 valence electrons. The minimum Gasteiger partial charge on any atom is -0.306 e. The molecule has 3 heterocycles. The number of hydrogen-bond donors (Lipinski definition) is 1.